The summed E-state index contributed by atoms with van der Waals surface area (Å²) >= 11 is 6.64. The van der Waals surface area contributed by atoms with Crippen LogP contribution in [-0.2, 0) is 14.3 Å². The van der Waals surface area contributed by atoms with Crippen molar-refractivity contribution in [1.29, 1.82) is 0 Å². The molecule has 15 heavy (non-hydrogen) atoms. The van der Waals surface area contributed by atoms with E-state index in [1.807, 2.05) is 10.6 Å². The summed E-state index contributed by atoms with van der Waals surface area (Å²) in [5.74, 6) is -1.90. The van der Waals surface area contributed by atoms with Crippen LogP contribution in [0.4, 0.5) is 9.59 Å². The SMILES string of the molecule is O=C(S)NCC(=O)OC(=O)CNC(=O)S. The Labute approximate surface area is 95.7 Å². The molecule has 0 radical (unpaired) electrons. The second-order valence-electron chi connectivity index (χ2n) is 2.16. The molecule has 0 saturated carbocycles. The number of amides is 2. The van der Waals surface area contributed by atoms with E-state index in [1.165, 1.54) is 0 Å². The van der Waals surface area contributed by atoms with Crippen LogP contribution >= 0.6 is 25.3 Å². The van der Waals surface area contributed by atoms with Gasteiger partial charge in [-0.15, -0.1) is 0 Å². The zero-order valence-electron chi connectivity index (χ0n) is 7.35. The smallest absolute Gasteiger partial charge is 0.333 e. The molecule has 84 valence electrons. The van der Waals surface area contributed by atoms with E-state index in [0.29, 0.717) is 0 Å². The van der Waals surface area contributed by atoms with Crippen molar-refractivity contribution in [1.82, 2.24) is 10.6 Å². The molecule has 2 N–H and O–H groups in total. The molecule has 0 aliphatic carbocycles. The lowest BCUT2D eigenvalue weighted by Crippen LogP contribution is -2.32. The van der Waals surface area contributed by atoms with E-state index in [4.69, 9.17) is 0 Å². The largest absolute Gasteiger partial charge is 0.390 e. The van der Waals surface area contributed by atoms with Crippen LogP contribution in [-0.4, -0.2) is 35.5 Å². The second kappa shape index (κ2) is 7.12. The maximum atomic E-state index is 10.8. The van der Waals surface area contributed by atoms with Crippen molar-refractivity contribution in [2.45, 2.75) is 0 Å². The minimum absolute atomic E-state index is 0.469. The summed E-state index contributed by atoms with van der Waals surface area (Å²) in [7, 11) is 0. The van der Waals surface area contributed by atoms with E-state index in [-0.39, 0.29) is 0 Å². The van der Waals surface area contributed by atoms with E-state index < -0.39 is 35.5 Å². The maximum Gasteiger partial charge on any atom is 0.333 e. The molecule has 7 nitrogen and oxygen atoms in total. The first kappa shape index (κ1) is 13.8. The fraction of sp³-hybridized carbons (Fsp3) is 0.333. The Morgan fingerprint density at radius 1 is 0.867 bits per heavy atom. The van der Waals surface area contributed by atoms with Crippen LogP contribution in [0.25, 0.3) is 0 Å². The molecule has 0 atom stereocenters. The molecule has 0 rings (SSSR count). The monoisotopic (exact) mass is 252 g/mol. The molecule has 9 heteroatoms. The third kappa shape index (κ3) is 9.09. The van der Waals surface area contributed by atoms with Gasteiger partial charge < -0.3 is 15.4 Å². The fourth-order valence-electron chi connectivity index (χ4n) is 0.495. The van der Waals surface area contributed by atoms with Gasteiger partial charge in [-0.1, -0.05) is 25.3 Å². The first-order chi connectivity index (χ1) is 6.91. The Morgan fingerprint density at radius 2 is 1.20 bits per heavy atom. The molecule has 0 heterocycles. The highest BCUT2D eigenvalue weighted by molar-refractivity contribution is 7.96. The lowest BCUT2D eigenvalue weighted by molar-refractivity contribution is -0.158. The lowest BCUT2D eigenvalue weighted by Gasteiger charge is -2.03. The van der Waals surface area contributed by atoms with Gasteiger partial charge in [-0.05, 0) is 0 Å². The first-order valence-electron chi connectivity index (χ1n) is 3.59. The standard InChI is InChI=1S/C6H8N2O5S2/c9-3(1-7-5(11)14)13-4(10)2-8-6(12)15/h1-2H2,(H2,7,11,14)(H2,8,12,15). The molecular formula is C6H8N2O5S2. The summed E-state index contributed by atoms with van der Waals surface area (Å²) in [4.78, 5) is 42.0. The molecule has 0 aromatic carbocycles. The van der Waals surface area contributed by atoms with E-state index in [2.05, 4.69) is 30.0 Å². The molecule has 0 saturated heterocycles. The van der Waals surface area contributed by atoms with Gasteiger partial charge in [0.2, 0.25) is 0 Å². The van der Waals surface area contributed by atoms with E-state index in [1.54, 1.807) is 0 Å². The topological polar surface area (TPSA) is 102 Å². The van der Waals surface area contributed by atoms with Gasteiger partial charge in [0.15, 0.2) is 0 Å². The van der Waals surface area contributed by atoms with E-state index in [9.17, 15) is 19.2 Å². The average molecular weight is 252 g/mol. The number of hydrogen-bond acceptors (Lipinski definition) is 5. The van der Waals surface area contributed by atoms with Gasteiger partial charge in [0.25, 0.3) is 10.5 Å². The zero-order valence-corrected chi connectivity index (χ0v) is 9.14. The van der Waals surface area contributed by atoms with Crippen molar-refractivity contribution >= 4 is 47.7 Å². The molecular weight excluding hydrogens is 244 g/mol. The summed E-state index contributed by atoms with van der Waals surface area (Å²) in [6, 6.07) is 0. The van der Waals surface area contributed by atoms with Crippen molar-refractivity contribution in [3.63, 3.8) is 0 Å². The van der Waals surface area contributed by atoms with Crippen molar-refractivity contribution < 1.29 is 23.9 Å². The van der Waals surface area contributed by atoms with Crippen LogP contribution in [0, 0.1) is 0 Å². The van der Waals surface area contributed by atoms with Gasteiger partial charge in [0.05, 0.1) is 0 Å². The van der Waals surface area contributed by atoms with Crippen LogP contribution in [0.2, 0.25) is 0 Å². The minimum Gasteiger partial charge on any atom is -0.390 e. The molecule has 0 aromatic heterocycles. The fourth-order valence-corrected chi connectivity index (χ4v) is 0.653. The predicted octanol–water partition coefficient (Wildman–Crippen LogP) is -0.665. The highest BCUT2D eigenvalue weighted by Gasteiger charge is 2.10. The molecule has 0 aliphatic rings. The lowest BCUT2D eigenvalue weighted by atomic mass is 10.6. The van der Waals surface area contributed by atoms with Gasteiger partial charge in [-0.3, -0.25) is 9.59 Å². The third-order valence-electron chi connectivity index (χ3n) is 0.996. The Balaban J connectivity index is 3.71. The quantitative estimate of drug-likeness (QED) is 0.302. The number of hydrogen-bond donors (Lipinski definition) is 4. The molecule has 0 aliphatic heterocycles. The van der Waals surface area contributed by atoms with Crippen molar-refractivity contribution in [3.8, 4) is 0 Å². The van der Waals surface area contributed by atoms with Crippen LogP contribution < -0.4 is 10.6 Å². The number of nitrogens with one attached hydrogen (secondary N) is 2. The Bertz CT molecular complexity index is 265. The van der Waals surface area contributed by atoms with Gasteiger partial charge in [0, 0.05) is 0 Å². The van der Waals surface area contributed by atoms with Crippen molar-refractivity contribution in [3.05, 3.63) is 0 Å². The summed E-state index contributed by atoms with van der Waals surface area (Å²) in [5, 5.41) is 2.58. The Hall–Kier alpha value is -1.22. The highest BCUT2D eigenvalue weighted by Crippen LogP contribution is 1.83. The molecule has 2 amide bonds. The highest BCUT2D eigenvalue weighted by atomic mass is 32.1. The third-order valence-corrected chi connectivity index (χ3v) is 1.31. The number of carbonyl (C=O) groups is 4. The minimum atomic E-state index is -0.948. The van der Waals surface area contributed by atoms with Crippen LogP contribution in [0.3, 0.4) is 0 Å². The zero-order chi connectivity index (χ0) is 11.8. The molecule has 0 unspecified atom stereocenters. The molecule has 0 aromatic rings. The van der Waals surface area contributed by atoms with Crippen molar-refractivity contribution in [2.75, 3.05) is 13.1 Å². The van der Waals surface area contributed by atoms with E-state index >= 15 is 0 Å². The Kier molecular flexibility index (Phi) is 6.54. The van der Waals surface area contributed by atoms with Gasteiger partial charge in [-0.2, -0.15) is 0 Å². The van der Waals surface area contributed by atoms with Crippen LogP contribution in [0.15, 0.2) is 0 Å². The number of esters is 2. The predicted molar refractivity (Wildman–Crippen MR) is 55.9 cm³/mol. The van der Waals surface area contributed by atoms with Crippen molar-refractivity contribution in [2.24, 2.45) is 0 Å². The average Bonchev–Trinajstić information content (AvgIpc) is 2.11. The summed E-state index contributed by atoms with van der Waals surface area (Å²) in [5.41, 5.74) is 0. The van der Waals surface area contributed by atoms with Gasteiger partial charge in [0.1, 0.15) is 13.1 Å². The number of ether oxygens (including phenoxy) is 1. The number of thiol groups is 2. The molecule has 0 fully saturated rings. The number of rotatable bonds is 4. The molecule has 0 bridgehead atoms. The Morgan fingerprint density at radius 3 is 1.47 bits per heavy atom. The number of carbonyl (C=O) groups excluding carboxylic acids is 4. The summed E-state index contributed by atoms with van der Waals surface area (Å²) in [6.45, 7) is -0.939. The van der Waals surface area contributed by atoms with E-state index in [0.717, 1.165) is 0 Å². The normalized spacial score (nSPS) is 8.93. The van der Waals surface area contributed by atoms with Crippen LogP contribution in [0.1, 0.15) is 0 Å². The van der Waals surface area contributed by atoms with Gasteiger partial charge in [-0.25, -0.2) is 9.59 Å². The summed E-state index contributed by atoms with van der Waals surface area (Å²) in [6.07, 6.45) is 0. The van der Waals surface area contributed by atoms with Crippen LogP contribution in [0.5, 0.6) is 0 Å². The van der Waals surface area contributed by atoms with Gasteiger partial charge >= 0.3 is 11.9 Å². The second-order valence-corrected chi connectivity index (χ2v) is 2.98. The molecule has 0 spiro atoms. The first-order valence-corrected chi connectivity index (χ1v) is 4.48. The summed E-state index contributed by atoms with van der Waals surface area (Å²) < 4.78 is 4.18. The maximum absolute atomic E-state index is 10.8.